The van der Waals surface area contributed by atoms with Crippen molar-refractivity contribution >= 4 is 33.4 Å². The molecule has 10 heteroatoms. The number of anilines is 1. The number of alkyl halides is 1. The van der Waals surface area contributed by atoms with Crippen LogP contribution in [0.25, 0.3) is 0 Å². The summed E-state index contributed by atoms with van der Waals surface area (Å²) in [7, 11) is 0. The van der Waals surface area contributed by atoms with Crippen molar-refractivity contribution in [2.45, 2.75) is 17.0 Å². The molecule has 2 rings (SSSR count). The van der Waals surface area contributed by atoms with Gasteiger partial charge in [-0.3, -0.25) is 19.7 Å². The van der Waals surface area contributed by atoms with Gasteiger partial charge in [0.15, 0.2) is 0 Å². The van der Waals surface area contributed by atoms with Crippen molar-refractivity contribution in [3.8, 4) is 0 Å². The van der Waals surface area contributed by atoms with Gasteiger partial charge in [0.05, 0.1) is 0 Å². The first kappa shape index (κ1) is 15.4. The number of benzene rings is 1. The maximum atomic E-state index is 12.1. The summed E-state index contributed by atoms with van der Waals surface area (Å²) in [4.78, 5) is 32.5. The van der Waals surface area contributed by atoms with E-state index in [1.807, 2.05) is 0 Å². The quantitative estimate of drug-likeness (QED) is 0.327. The highest BCUT2D eigenvalue weighted by Crippen LogP contribution is 2.18. The van der Waals surface area contributed by atoms with Crippen molar-refractivity contribution in [2.75, 3.05) is 5.32 Å². The summed E-state index contributed by atoms with van der Waals surface area (Å²) in [5.41, 5.74) is 10.9. The Balaban J connectivity index is 2.02. The monoisotopic (exact) mass is 357 g/mol. The van der Waals surface area contributed by atoms with Crippen molar-refractivity contribution < 1.29 is 14.5 Å². The Bertz CT molecular complexity index is 578. The van der Waals surface area contributed by atoms with Crippen molar-refractivity contribution in [2.24, 2.45) is 5.73 Å². The van der Waals surface area contributed by atoms with Crippen LogP contribution in [0.5, 0.6) is 0 Å². The molecule has 0 aromatic heterocycles. The number of hydrogen-bond acceptors (Lipinski definition) is 6. The highest BCUT2D eigenvalue weighted by atomic mass is 79.9. The first-order valence-electron chi connectivity index (χ1n) is 5.89. The number of nitrogens with one attached hydrogen (secondary N) is 3. The van der Waals surface area contributed by atoms with Crippen LogP contribution in [-0.2, 0) is 4.79 Å². The molecular weight excluding hydrogens is 346 g/mol. The standard InChI is InChI=1S/C11H12BrN5O4/c12-7-8(15-16-10(7)17(20)21)11(19)14-6-3-1-5(2-4-6)9(13)18/h1-4,7-8,10,15-16H,(H2,13,18)(H,14,19). The lowest BCUT2D eigenvalue weighted by Crippen LogP contribution is -2.42. The highest BCUT2D eigenvalue weighted by Gasteiger charge is 2.45. The normalized spacial score (nSPS) is 24.5. The first-order valence-corrected chi connectivity index (χ1v) is 6.81. The molecular formula is C11H12BrN5O4. The van der Waals surface area contributed by atoms with Crippen molar-refractivity contribution in [1.82, 2.24) is 10.9 Å². The molecule has 1 aromatic carbocycles. The van der Waals surface area contributed by atoms with Gasteiger partial charge in [0.1, 0.15) is 10.9 Å². The van der Waals surface area contributed by atoms with Gasteiger partial charge in [0.25, 0.3) is 6.17 Å². The maximum Gasteiger partial charge on any atom is 0.292 e. The van der Waals surface area contributed by atoms with Gasteiger partial charge >= 0.3 is 0 Å². The number of carbonyl (C=O) groups is 2. The lowest BCUT2D eigenvalue weighted by Gasteiger charge is -2.13. The van der Waals surface area contributed by atoms with Crippen LogP contribution in [0.3, 0.4) is 0 Å². The number of hydrogen-bond donors (Lipinski definition) is 4. The zero-order chi connectivity index (χ0) is 15.6. The topological polar surface area (TPSA) is 139 Å². The van der Waals surface area contributed by atoms with Gasteiger partial charge in [-0.2, -0.15) is 5.43 Å². The molecule has 3 atom stereocenters. The predicted molar refractivity (Wildman–Crippen MR) is 77.1 cm³/mol. The number of primary amides is 1. The summed E-state index contributed by atoms with van der Waals surface area (Å²) >= 11 is 3.13. The summed E-state index contributed by atoms with van der Waals surface area (Å²) in [5.74, 6) is -1.01. The average Bonchev–Trinajstić information content (AvgIpc) is 2.81. The SMILES string of the molecule is NC(=O)c1ccc(NC(=O)C2NNC([N+](=O)[O-])C2Br)cc1. The van der Waals surface area contributed by atoms with Crippen molar-refractivity contribution in [3.63, 3.8) is 0 Å². The van der Waals surface area contributed by atoms with E-state index in [0.717, 1.165) is 0 Å². The molecule has 3 unspecified atom stereocenters. The number of nitrogens with two attached hydrogens (primary N) is 1. The fourth-order valence-corrected chi connectivity index (χ4v) is 2.53. The van der Waals surface area contributed by atoms with E-state index in [-0.39, 0.29) is 0 Å². The molecule has 5 N–H and O–H groups in total. The molecule has 0 spiro atoms. The van der Waals surface area contributed by atoms with Crippen LogP contribution >= 0.6 is 15.9 Å². The van der Waals surface area contributed by atoms with Crippen molar-refractivity contribution in [1.29, 1.82) is 0 Å². The lowest BCUT2D eigenvalue weighted by molar-refractivity contribution is -0.525. The molecule has 1 aliphatic rings. The predicted octanol–water partition coefficient (Wildman–Crippen LogP) is -0.433. The molecule has 0 aliphatic carbocycles. The highest BCUT2D eigenvalue weighted by molar-refractivity contribution is 9.09. The molecule has 0 saturated carbocycles. The van der Waals surface area contributed by atoms with Gasteiger partial charge in [-0.15, -0.1) is 0 Å². The third-order valence-corrected chi connectivity index (χ3v) is 3.98. The molecule has 9 nitrogen and oxygen atoms in total. The van der Waals surface area contributed by atoms with E-state index >= 15 is 0 Å². The smallest absolute Gasteiger partial charge is 0.292 e. The Morgan fingerprint density at radius 2 is 1.90 bits per heavy atom. The molecule has 1 aliphatic heterocycles. The summed E-state index contributed by atoms with van der Waals surface area (Å²) in [6, 6.07) is 5.19. The lowest BCUT2D eigenvalue weighted by atomic mass is 10.1. The summed E-state index contributed by atoms with van der Waals surface area (Å²) in [5, 5.41) is 13.3. The second kappa shape index (κ2) is 6.16. The second-order valence-electron chi connectivity index (χ2n) is 4.37. The minimum Gasteiger partial charge on any atom is -0.366 e. The van der Waals surface area contributed by atoms with E-state index in [2.05, 4.69) is 32.1 Å². The second-order valence-corrected chi connectivity index (χ2v) is 5.43. The summed E-state index contributed by atoms with van der Waals surface area (Å²) in [6.07, 6.45) is -1.10. The molecule has 1 aromatic rings. The van der Waals surface area contributed by atoms with E-state index in [0.29, 0.717) is 11.3 Å². The van der Waals surface area contributed by atoms with E-state index in [1.165, 1.54) is 24.3 Å². The maximum absolute atomic E-state index is 12.1. The molecule has 0 bridgehead atoms. The third kappa shape index (κ3) is 3.35. The van der Waals surface area contributed by atoms with Gasteiger partial charge < -0.3 is 11.1 Å². The Kier molecular flexibility index (Phi) is 4.50. The number of nitrogens with zero attached hydrogens (tertiary/aromatic N) is 1. The number of hydrazine groups is 1. The average molecular weight is 358 g/mol. The molecule has 21 heavy (non-hydrogen) atoms. The Morgan fingerprint density at radius 3 is 2.38 bits per heavy atom. The number of rotatable bonds is 4. The van der Waals surface area contributed by atoms with E-state index in [4.69, 9.17) is 5.73 Å². The molecule has 112 valence electrons. The summed E-state index contributed by atoms with van der Waals surface area (Å²) < 4.78 is 0. The number of nitro groups is 1. The van der Waals surface area contributed by atoms with Gasteiger partial charge in [-0.25, -0.2) is 5.43 Å². The van der Waals surface area contributed by atoms with Crippen LogP contribution in [-0.4, -0.2) is 33.8 Å². The van der Waals surface area contributed by atoms with E-state index < -0.39 is 33.8 Å². The Labute approximate surface area is 127 Å². The molecule has 2 amide bonds. The van der Waals surface area contributed by atoms with Crippen LogP contribution in [0.1, 0.15) is 10.4 Å². The first-order chi connectivity index (χ1) is 9.90. The zero-order valence-corrected chi connectivity index (χ0v) is 12.2. The third-order valence-electron chi connectivity index (χ3n) is 2.95. The molecule has 1 fully saturated rings. The molecule has 1 heterocycles. The van der Waals surface area contributed by atoms with E-state index in [1.54, 1.807) is 0 Å². The Hall–Kier alpha value is -2.04. The van der Waals surface area contributed by atoms with Crippen LogP contribution in [0, 0.1) is 10.1 Å². The van der Waals surface area contributed by atoms with Crippen LogP contribution in [0.2, 0.25) is 0 Å². The van der Waals surface area contributed by atoms with Gasteiger partial charge in [-0.05, 0) is 24.3 Å². The fourth-order valence-electron chi connectivity index (χ4n) is 1.83. The molecule has 1 saturated heterocycles. The van der Waals surface area contributed by atoms with Crippen molar-refractivity contribution in [3.05, 3.63) is 39.9 Å². The molecule has 0 radical (unpaired) electrons. The van der Waals surface area contributed by atoms with Crippen LogP contribution < -0.4 is 21.9 Å². The summed E-state index contributed by atoms with van der Waals surface area (Å²) in [6.45, 7) is 0. The van der Waals surface area contributed by atoms with Gasteiger partial charge in [0, 0.05) is 16.2 Å². The zero-order valence-electron chi connectivity index (χ0n) is 10.6. The van der Waals surface area contributed by atoms with Gasteiger partial charge in [-0.1, -0.05) is 15.9 Å². The fraction of sp³-hybridized carbons (Fsp3) is 0.273. The van der Waals surface area contributed by atoms with Crippen LogP contribution in [0.4, 0.5) is 5.69 Å². The largest absolute Gasteiger partial charge is 0.366 e. The number of carbonyl (C=O) groups excluding carboxylic acids is 2. The Morgan fingerprint density at radius 1 is 1.29 bits per heavy atom. The number of halogens is 1. The van der Waals surface area contributed by atoms with Crippen LogP contribution in [0.15, 0.2) is 24.3 Å². The minimum absolute atomic E-state index is 0.320. The minimum atomic E-state index is -1.10. The van der Waals surface area contributed by atoms with E-state index in [9.17, 15) is 19.7 Å². The number of amides is 2. The van der Waals surface area contributed by atoms with Gasteiger partial charge in [0.2, 0.25) is 11.8 Å².